The Morgan fingerprint density at radius 2 is 2.18 bits per heavy atom. The van der Waals surface area contributed by atoms with Crippen LogP contribution in [0.3, 0.4) is 0 Å². The molecular formula is C11H9FN4O. The number of nitrogens with one attached hydrogen (secondary N) is 2. The van der Waals surface area contributed by atoms with Crippen LogP contribution >= 0.6 is 0 Å². The monoisotopic (exact) mass is 232 g/mol. The quantitative estimate of drug-likeness (QED) is 0.749. The van der Waals surface area contributed by atoms with Gasteiger partial charge in [0.2, 0.25) is 5.91 Å². The van der Waals surface area contributed by atoms with Gasteiger partial charge in [-0.15, -0.1) is 0 Å². The van der Waals surface area contributed by atoms with E-state index in [1.807, 2.05) is 6.07 Å². The molecule has 86 valence electrons. The molecular weight excluding hydrogens is 223 g/mol. The fraction of sp³-hybridized carbons (Fsp3) is 0.182. The lowest BCUT2D eigenvalue weighted by Crippen LogP contribution is -2.30. The first-order valence-electron chi connectivity index (χ1n) is 4.74. The average molecular weight is 232 g/mol. The van der Waals surface area contributed by atoms with Gasteiger partial charge in [-0.3, -0.25) is 4.79 Å². The molecule has 1 rings (SSSR count). The molecule has 0 atom stereocenters. The van der Waals surface area contributed by atoms with Gasteiger partial charge < -0.3 is 10.6 Å². The Kier molecular flexibility index (Phi) is 4.46. The largest absolute Gasteiger partial charge is 0.375 e. The van der Waals surface area contributed by atoms with Crippen LogP contribution in [-0.2, 0) is 4.79 Å². The lowest BCUT2D eigenvalue weighted by Gasteiger charge is -2.07. The van der Waals surface area contributed by atoms with E-state index >= 15 is 0 Å². The second-order valence-corrected chi connectivity index (χ2v) is 3.09. The van der Waals surface area contributed by atoms with Gasteiger partial charge in [-0.25, -0.2) is 4.39 Å². The van der Waals surface area contributed by atoms with Crippen molar-refractivity contribution in [2.45, 2.75) is 0 Å². The summed E-state index contributed by atoms with van der Waals surface area (Å²) in [4.78, 5) is 11.2. The highest BCUT2D eigenvalue weighted by Crippen LogP contribution is 2.15. The Hall–Kier alpha value is -2.60. The van der Waals surface area contributed by atoms with Gasteiger partial charge in [-0.2, -0.15) is 10.5 Å². The molecule has 1 aromatic carbocycles. The van der Waals surface area contributed by atoms with Crippen LogP contribution < -0.4 is 10.6 Å². The molecule has 0 spiro atoms. The molecule has 0 saturated heterocycles. The summed E-state index contributed by atoms with van der Waals surface area (Å²) in [5.74, 6) is -0.888. The predicted molar refractivity (Wildman–Crippen MR) is 58.2 cm³/mol. The molecule has 2 N–H and O–H groups in total. The number of nitrogens with zero attached hydrogens (tertiary/aromatic N) is 2. The molecule has 1 aromatic rings. The van der Waals surface area contributed by atoms with Gasteiger partial charge in [0, 0.05) is 0 Å². The molecule has 5 nitrogen and oxygen atoms in total. The first-order valence-corrected chi connectivity index (χ1v) is 4.74. The van der Waals surface area contributed by atoms with Gasteiger partial charge >= 0.3 is 0 Å². The Morgan fingerprint density at radius 1 is 1.41 bits per heavy atom. The molecule has 0 fully saturated rings. The van der Waals surface area contributed by atoms with Crippen LogP contribution in [0.2, 0.25) is 0 Å². The molecule has 17 heavy (non-hydrogen) atoms. The minimum atomic E-state index is -0.513. The standard InChI is InChI=1S/C11H9FN4O/c12-9-1-2-10(8(5-9)6-14)16-7-11(17)15-4-3-13/h1-2,5,16H,4,7H2,(H,15,17). The first-order chi connectivity index (χ1) is 8.17. The maximum absolute atomic E-state index is 12.8. The van der Waals surface area contributed by atoms with Crippen LogP contribution in [-0.4, -0.2) is 19.0 Å². The maximum atomic E-state index is 12.8. The molecule has 0 aliphatic heterocycles. The van der Waals surface area contributed by atoms with Gasteiger partial charge in [0.25, 0.3) is 0 Å². The van der Waals surface area contributed by atoms with E-state index in [0.29, 0.717) is 5.69 Å². The Labute approximate surface area is 97.5 Å². The highest BCUT2D eigenvalue weighted by Gasteiger charge is 2.05. The SMILES string of the molecule is N#CCNC(=O)CNc1ccc(F)cc1C#N. The van der Waals surface area contributed by atoms with Crippen molar-refractivity contribution >= 4 is 11.6 Å². The van der Waals surface area contributed by atoms with Crippen molar-refractivity contribution < 1.29 is 9.18 Å². The summed E-state index contributed by atoms with van der Waals surface area (Å²) in [6.07, 6.45) is 0. The van der Waals surface area contributed by atoms with Gasteiger partial charge in [0.1, 0.15) is 18.4 Å². The van der Waals surface area contributed by atoms with Gasteiger partial charge in [-0.05, 0) is 18.2 Å². The average Bonchev–Trinajstić information content (AvgIpc) is 2.34. The summed E-state index contributed by atoms with van der Waals surface area (Å²) in [6, 6.07) is 7.23. The van der Waals surface area contributed by atoms with E-state index in [0.717, 1.165) is 6.07 Å². The lowest BCUT2D eigenvalue weighted by molar-refractivity contribution is -0.119. The van der Waals surface area contributed by atoms with E-state index in [4.69, 9.17) is 10.5 Å². The summed E-state index contributed by atoms with van der Waals surface area (Å²) in [5.41, 5.74) is 0.499. The topological polar surface area (TPSA) is 88.7 Å². The zero-order valence-corrected chi connectivity index (χ0v) is 8.83. The molecule has 1 amide bonds. The third-order valence-corrected chi connectivity index (χ3v) is 1.91. The van der Waals surface area contributed by atoms with E-state index in [2.05, 4.69) is 10.6 Å². The summed E-state index contributed by atoms with van der Waals surface area (Å²) >= 11 is 0. The molecule has 0 bridgehead atoms. The van der Waals surface area contributed by atoms with Crippen LogP contribution in [0.1, 0.15) is 5.56 Å². The normalized spacial score (nSPS) is 8.88. The first kappa shape index (κ1) is 12.5. The molecule has 0 aliphatic carbocycles. The predicted octanol–water partition coefficient (Wildman–Crippen LogP) is 0.749. The number of hydrogen-bond acceptors (Lipinski definition) is 4. The number of carbonyl (C=O) groups excluding carboxylic acids is 1. The summed E-state index contributed by atoms with van der Waals surface area (Å²) in [7, 11) is 0. The smallest absolute Gasteiger partial charge is 0.240 e. The van der Waals surface area contributed by atoms with Crippen LogP contribution in [0.5, 0.6) is 0 Å². The van der Waals surface area contributed by atoms with Crippen LogP contribution in [0.4, 0.5) is 10.1 Å². The number of anilines is 1. The van der Waals surface area contributed by atoms with E-state index in [1.54, 1.807) is 6.07 Å². The Morgan fingerprint density at radius 3 is 2.82 bits per heavy atom. The molecule has 0 radical (unpaired) electrons. The number of hydrogen-bond donors (Lipinski definition) is 2. The number of carbonyl (C=O) groups is 1. The Bertz CT molecular complexity index is 501. The summed E-state index contributed by atoms with van der Waals surface area (Å²) in [5, 5.41) is 22.0. The molecule has 0 aliphatic rings. The third kappa shape index (κ3) is 3.80. The Balaban J connectivity index is 2.61. The van der Waals surface area contributed by atoms with Crippen LogP contribution in [0, 0.1) is 28.5 Å². The third-order valence-electron chi connectivity index (χ3n) is 1.91. The van der Waals surface area contributed by atoms with E-state index < -0.39 is 5.82 Å². The number of rotatable bonds is 4. The number of benzene rings is 1. The molecule has 0 heterocycles. The minimum Gasteiger partial charge on any atom is -0.375 e. The fourth-order valence-electron chi connectivity index (χ4n) is 1.14. The molecule has 0 unspecified atom stereocenters. The zero-order valence-electron chi connectivity index (χ0n) is 8.83. The highest BCUT2D eigenvalue weighted by molar-refractivity contribution is 5.81. The van der Waals surface area contributed by atoms with Crippen molar-refractivity contribution in [3.63, 3.8) is 0 Å². The molecule has 0 aromatic heterocycles. The van der Waals surface area contributed by atoms with Gasteiger partial charge in [-0.1, -0.05) is 0 Å². The van der Waals surface area contributed by atoms with Gasteiger partial charge in [0.05, 0.1) is 23.9 Å². The van der Waals surface area contributed by atoms with Crippen molar-refractivity contribution in [1.82, 2.24) is 5.32 Å². The summed E-state index contributed by atoms with van der Waals surface area (Å²) < 4.78 is 12.8. The second kappa shape index (κ2) is 6.09. The van der Waals surface area contributed by atoms with Crippen molar-refractivity contribution in [2.24, 2.45) is 0 Å². The van der Waals surface area contributed by atoms with Gasteiger partial charge in [0.15, 0.2) is 0 Å². The maximum Gasteiger partial charge on any atom is 0.240 e. The van der Waals surface area contributed by atoms with E-state index in [-0.39, 0.29) is 24.6 Å². The highest BCUT2D eigenvalue weighted by atomic mass is 19.1. The second-order valence-electron chi connectivity index (χ2n) is 3.09. The number of halogens is 1. The molecule has 0 saturated carbocycles. The van der Waals surface area contributed by atoms with Crippen LogP contribution in [0.15, 0.2) is 18.2 Å². The number of amides is 1. The van der Waals surface area contributed by atoms with E-state index in [9.17, 15) is 9.18 Å². The lowest BCUT2D eigenvalue weighted by atomic mass is 10.2. The van der Waals surface area contributed by atoms with Crippen molar-refractivity contribution in [2.75, 3.05) is 18.4 Å². The van der Waals surface area contributed by atoms with Crippen molar-refractivity contribution in [3.8, 4) is 12.1 Å². The minimum absolute atomic E-state index is 0.0744. The zero-order chi connectivity index (χ0) is 12.7. The van der Waals surface area contributed by atoms with E-state index in [1.165, 1.54) is 12.1 Å². The van der Waals surface area contributed by atoms with Crippen molar-refractivity contribution in [3.05, 3.63) is 29.6 Å². The number of nitriles is 2. The molecule has 6 heteroatoms. The summed E-state index contributed by atoms with van der Waals surface area (Å²) in [6.45, 7) is -0.156. The van der Waals surface area contributed by atoms with Crippen LogP contribution in [0.25, 0.3) is 0 Å². The van der Waals surface area contributed by atoms with Crippen molar-refractivity contribution in [1.29, 1.82) is 10.5 Å². The fourth-order valence-corrected chi connectivity index (χ4v) is 1.14.